The van der Waals surface area contributed by atoms with Crippen LogP contribution < -0.4 is 16.0 Å². The summed E-state index contributed by atoms with van der Waals surface area (Å²) in [5, 5.41) is 0. The molecule has 1 aliphatic carbocycles. The topological polar surface area (TPSA) is 97.1 Å². The van der Waals surface area contributed by atoms with E-state index in [1.807, 2.05) is 0 Å². The lowest BCUT2D eigenvalue weighted by atomic mass is 9.83. The normalized spacial score (nSPS) is 23.5. The molecule has 0 saturated heterocycles. The standard InChI is InChI=1S/C13H22N4O2S/c1-10-2-4-11(5-3-10)8-16-20(18,19)13-9-15-7-6-12(13)17-14/h6-7,9-11,16H,2-5,8,14H2,1H3,(H,15,17). The van der Waals surface area contributed by atoms with Crippen LogP contribution in [-0.2, 0) is 10.0 Å². The molecular weight excluding hydrogens is 276 g/mol. The number of hydrogen-bond donors (Lipinski definition) is 3. The Labute approximate surface area is 120 Å². The summed E-state index contributed by atoms with van der Waals surface area (Å²) in [6, 6.07) is 1.54. The van der Waals surface area contributed by atoms with Gasteiger partial charge in [0.2, 0.25) is 10.0 Å². The van der Waals surface area contributed by atoms with Crippen LogP contribution in [0.2, 0.25) is 0 Å². The molecule has 0 radical (unpaired) electrons. The molecule has 2 rings (SSSR count). The number of anilines is 1. The molecule has 0 aliphatic heterocycles. The molecule has 1 fully saturated rings. The van der Waals surface area contributed by atoms with Crippen molar-refractivity contribution in [3.05, 3.63) is 18.5 Å². The van der Waals surface area contributed by atoms with E-state index >= 15 is 0 Å². The molecule has 0 unspecified atom stereocenters. The second-order valence-corrected chi connectivity index (χ2v) is 7.23. The SMILES string of the molecule is CC1CCC(CNS(=O)(=O)c2cnccc2NN)CC1. The van der Waals surface area contributed by atoms with Crippen molar-refractivity contribution in [3.63, 3.8) is 0 Å². The molecule has 0 amide bonds. The zero-order valence-corrected chi connectivity index (χ0v) is 12.5. The summed E-state index contributed by atoms with van der Waals surface area (Å²) >= 11 is 0. The first-order chi connectivity index (χ1) is 9.53. The highest BCUT2D eigenvalue weighted by Gasteiger charge is 2.23. The molecule has 6 nitrogen and oxygen atoms in total. The summed E-state index contributed by atoms with van der Waals surface area (Å²) in [4.78, 5) is 3.94. The quantitative estimate of drug-likeness (QED) is 0.565. The number of nitrogens with two attached hydrogens (primary N) is 1. The Bertz CT molecular complexity index is 539. The van der Waals surface area contributed by atoms with Crippen LogP contribution in [0.15, 0.2) is 23.4 Å². The zero-order valence-electron chi connectivity index (χ0n) is 11.7. The molecular formula is C13H22N4O2S. The third-order valence-corrected chi connectivity index (χ3v) is 5.38. The van der Waals surface area contributed by atoms with E-state index < -0.39 is 10.0 Å². The first-order valence-corrected chi connectivity index (χ1v) is 8.41. The number of hydrazine groups is 1. The second kappa shape index (κ2) is 6.51. The third kappa shape index (κ3) is 3.68. The average molecular weight is 298 g/mol. The summed E-state index contributed by atoms with van der Waals surface area (Å²) in [6.45, 7) is 2.73. The molecule has 1 saturated carbocycles. The van der Waals surface area contributed by atoms with Gasteiger partial charge in [0.1, 0.15) is 4.90 Å². The van der Waals surface area contributed by atoms with Gasteiger partial charge in [-0.15, -0.1) is 0 Å². The summed E-state index contributed by atoms with van der Waals surface area (Å²) < 4.78 is 27.2. The first kappa shape index (κ1) is 15.2. The van der Waals surface area contributed by atoms with Crippen LogP contribution in [0.5, 0.6) is 0 Å². The van der Waals surface area contributed by atoms with E-state index in [-0.39, 0.29) is 4.90 Å². The Morgan fingerprint density at radius 1 is 1.35 bits per heavy atom. The van der Waals surface area contributed by atoms with Crippen LogP contribution >= 0.6 is 0 Å². The van der Waals surface area contributed by atoms with E-state index in [0.29, 0.717) is 18.2 Å². The highest BCUT2D eigenvalue weighted by molar-refractivity contribution is 7.89. The highest BCUT2D eigenvalue weighted by Crippen LogP contribution is 2.28. The molecule has 1 heterocycles. The largest absolute Gasteiger partial charge is 0.323 e. The highest BCUT2D eigenvalue weighted by atomic mass is 32.2. The van der Waals surface area contributed by atoms with Gasteiger partial charge in [-0.1, -0.05) is 19.8 Å². The van der Waals surface area contributed by atoms with Crippen LogP contribution in [0.1, 0.15) is 32.6 Å². The number of nitrogen functional groups attached to an aromatic ring is 1. The van der Waals surface area contributed by atoms with Gasteiger partial charge in [-0.3, -0.25) is 10.8 Å². The predicted octanol–water partition coefficient (Wildman–Crippen LogP) is 1.47. The number of pyridine rings is 1. The van der Waals surface area contributed by atoms with Crippen LogP contribution in [0.25, 0.3) is 0 Å². The lowest BCUT2D eigenvalue weighted by Crippen LogP contribution is -2.32. The zero-order chi connectivity index (χ0) is 14.6. The number of nitrogens with zero attached hydrogens (tertiary/aromatic N) is 1. The maximum Gasteiger partial charge on any atom is 0.244 e. The molecule has 0 bridgehead atoms. The van der Waals surface area contributed by atoms with Crippen LogP contribution in [-0.4, -0.2) is 19.9 Å². The number of nitrogens with one attached hydrogen (secondary N) is 2. The van der Waals surface area contributed by atoms with Gasteiger partial charge in [0.15, 0.2) is 0 Å². The average Bonchev–Trinajstić information content (AvgIpc) is 2.46. The fraction of sp³-hybridized carbons (Fsp3) is 0.615. The van der Waals surface area contributed by atoms with Gasteiger partial charge < -0.3 is 5.43 Å². The summed E-state index contributed by atoms with van der Waals surface area (Å²) in [6.07, 6.45) is 7.32. The van der Waals surface area contributed by atoms with Gasteiger partial charge in [0.05, 0.1) is 5.69 Å². The number of hydrogen-bond acceptors (Lipinski definition) is 5. The van der Waals surface area contributed by atoms with E-state index in [1.54, 1.807) is 0 Å². The summed E-state index contributed by atoms with van der Waals surface area (Å²) in [5.74, 6) is 6.51. The van der Waals surface area contributed by atoms with Crippen LogP contribution in [0, 0.1) is 11.8 Å². The lowest BCUT2D eigenvalue weighted by Gasteiger charge is -2.26. The molecule has 1 aliphatic rings. The Kier molecular flexibility index (Phi) is 4.95. The number of rotatable bonds is 5. The lowest BCUT2D eigenvalue weighted by molar-refractivity contribution is 0.290. The molecule has 0 spiro atoms. The summed E-state index contributed by atoms with van der Waals surface area (Å²) in [7, 11) is -3.57. The van der Waals surface area contributed by atoms with Crippen LogP contribution in [0.3, 0.4) is 0 Å². The molecule has 112 valence electrons. The van der Waals surface area contributed by atoms with Gasteiger partial charge in [0.25, 0.3) is 0 Å². The molecule has 0 atom stereocenters. The second-order valence-electron chi connectivity index (χ2n) is 5.49. The number of sulfonamides is 1. The molecule has 1 aromatic rings. The van der Waals surface area contributed by atoms with Gasteiger partial charge >= 0.3 is 0 Å². The van der Waals surface area contributed by atoms with Gasteiger partial charge in [-0.05, 0) is 30.7 Å². The fourth-order valence-electron chi connectivity index (χ4n) is 2.55. The fourth-order valence-corrected chi connectivity index (χ4v) is 3.78. The minimum atomic E-state index is -3.57. The smallest absolute Gasteiger partial charge is 0.244 e. The van der Waals surface area contributed by atoms with Crippen molar-refractivity contribution in [2.24, 2.45) is 17.7 Å². The third-order valence-electron chi connectivity index (χ3n) is 3.93. The Morgan fingerprint density at radius 3 is 2.70 bits per heavy atom. The Hall–Kier alpha value is -1.18. The van der Waals surface area contributed by atoms with Gasteiger partial charge in [0, 0.05) is 18.9 Å². The van der Waals surface area contributed by atoms with Crippen molar-refractivity contribution in [1.82, 2.24) is 9.71 Å². The first-order valence-electron chi connectivity index (χ1n) is 6.93. The van der Waals surface area contributed by atoms with E-state index in [9.17, 15) is 8.42 Å². The maximum absolute atomic E-state index is 12.3. The van der Waals surface area contributed by atoms with Crippen molar-refractivity contribution in [2.45, 2.75) is 37.5 Å². The van der Waals surface area contributed by atoms with Crippen molar-refractivity contribution in [1.29, 1.82) is 0 Å². The van der Waals surface area contributed by atoms with E-state index in [4.69, 9.17) is 5.84 Å². The molecule has 20 heavy (non-hydrogen) atoms. The number of aromatic nitrogens is 1. The van der Waals surface area contributed by atoms with E-state index in [1.165, 1.54) is 31.3 Å². The summed E-state index contributed by atoms with van der Waals surface area (Å²) in [5.41, 5.74) is 2.74. The molecule has 4 N–H and O–H groups in total. The van der Waals surface area contributed by atoms with Crippen molar-refractivity contribution in [3.8, 4) is 0 Å². The van der Waals surface area contributed by atoms with Crippen molar-refractivity contribution in [2.75, 3.05) is 12.0 Å². The Balaban J connectivity index is 2.00. The van der Waals surface area contributed by atoms with Crippen molar-refractivity contribution < 1.29 is 8.42 Å². The molecule has 7 heteroatoms. The monoisotopic (exact) mass is 298 g/mol. The Morgan fingerprint density at radius 2 is 2.05 bits per heavy atom. The van der Waals surface area contributed by atoms with Gasteiger partial charge in [-0.2, -0.15) is 0 Å². The van der Waals surface area contributed by atoms with E-state index in [2.05, 4.69) is 22.1 Å². The van der Waals surface area contributed by atoms with Gasteiger partial charge in [-0.25, -0.2) is 13.1 Å². The minimum Gasteiger partial charge on any atom is -0.323 e. The van der Waals surface area contributed by atoms with Crippen LogP contribution in [0.4, 0.5) is 5.69 Å². The molecule has 0 aromatic carbocycles. The molecule has 1 aromatic heterocycles. The predicted molar refractivity (Wildman–Crippen MR) is 78.4 cm³/mol. The minimum absolute atomic E-state index is 0.0895. The van der Waals surface area contributed by atoms with Crippen molar-refractivity contribution >= 4 is 15.7 Å². The maximum atomic E-state index is 12.3. The van der Waals surface area contributed by atoms with E-state index in [0.717, 1.165) is 18.8 Å².